The third kappa shape index (κ3) is 3.56. The smallest absolute Gasteiger partial charge is 0.193 e. The van der Waals surface area contributed by atoms with Crippen LogP contribution in [0.25, 0.3) is 16.0 Å². The molecule has 0 saturated carbocycles. The maximum Gasteiger partial charge on any atom is 0.193 e. The van der Waals surface area contributed by atoms with E-state index in [1.807, 2.05) is 40.5 Å². The predicted octanol–water partition coefficient (Wildman–Crippen LogP) is 4.94. The number of halogens is 1. The van der Waals surface area contributed by atoms with Gasteiger partial charge in [0.1, 0.15) is 5.82 Å². The van der Waals surface area contributed by atoms with Crippen LogP contribution in [0.15, 0.2) is 83.5 Å². The highest BCUT2D eigenvalue weighted by molar-refractivity contribution is 7.12. The third-order valence-electron chi connectivity index (χ3n) is 5.01. The van der Waals surface area contributed by atoms with Crippen LogP contribution in [0.5, 0.6) is 0 Å². The Hall–Kier alpha value is -3.22. The summed E-state index contributed by atoms with van der Waals surface area (Å²) in [5.41, 5.74) is 2.59. The Labute approximate surface area is 181 Å². The van der Waals surface area contributed by atoms with Crippen LogP contribution in [0.4, 0.5) is 0 Å². The van der Waals surface area contributed by atoms with Gasteiger partial charge < -0.3 is 4.57 Å². The lowest BCUT2D eigenvalue weighted by molar-refractivity contribution is 0.738. The minimum atomic E-state index is -0.0104. The Morgan fingerprint density at radius 1 is 1.03 bits per heavy atom. The standard InChI is InChI=1S/C23H17ClN4OS/c24-18-6-7-19-20(13-18)28(23-26-9-11-30-23)15-17(22(19)29)12-21-25-8-10-27(21)14-16-4-2-1-3-5-16/h1-11,13,15H,12,14H2. The van der Waals surface area contributed by atoms with Gasteiger partial charge in [0.15, 0.2) is 10.6 Å². The molecular formula is C23H17ClN4OS. The largest absolute Gasteiger partial charge is 0.330 e. The average Bonchev–Trinajstić information content (AvgIpc) is 3.43. The van der Waals surface area contributed by atoms with E-state index in [2.05, 4.69) is 26.7 Å². The average molecular weight is 433 g/mol. The van der Waals surface area contributed by atoms with Crippen LogP contribution in [0.3, 0.4) is 0 Å². The highest BCUT2D eigenvalue weighted by Gasteiger charge is 2.15. The quantitative estimate of drug-likeness (QED) is 0.395. The summed E-state index contributed by atoms with van der Waals surface area (Å²) < 4.78 is 4.02. The molecule has 0 atom stereocenters. The summed E-state index contributed by atoms with van der Waals surface area (Å²) in [7, 11) is 0. The summed E-state index contributed by atoms with van der Waals surface area (Å²) in [6.45, 7) is 0.708. The summed E-state index contributed by atoms with van der Waals surface area (Å²) in [6.07, 6.45) is 7.77. The van der Waals surface area contributed by atoms with Crippen molar-refractivity contribution >= 4 is 33.8 Å². The fourth-order valence-electron chi connectivity index (χ4n) is 3.57. The maximum atomic E-state index is 13.2. The van der Waals surface area contributed by atoms with Crippen molar-refractivity contribution in [1.82, 2.24) is 19.1 Å². The number of hydrogen-bond acceptors (Lipinski definition) is 4. The van der Waals surface area contributed by atoms with E-state index in [0.717, 1.165) is 16.5 Å². The van der Waals surface area contributed by atoms with E-state index in [4.69, 9.17) is 11.6 Å². The van der Waals surface area contributed by atoms with E-state index in [9.17, 15) is 4.79 Å². The molecule has 5 aromatic rings. The van der Waals surface area contributed by atoms with Crippen LogP contribution in [0.2, 0.25) is 5.02 Å². The summed E-state index contributed by atoms with van der Waals surface area (Å²) >= 11 is 7.72. The first-order valence-electron chi connectivity index (χ1n) is 9.46. The molecule has 0 aliphatic carbocycles. The molecule has 3 heterocycles. The first-order chi connectivity index (χ1) is 14.7. The second kappa shape index (κ2) is 7.89. The molecule has 0 amide bonds. The number of thiazole rings is 1. The Bertz CT molecular complexity index is 1370. The SMILES string of the molecule is O=c1c(Cc2nccn2Cc2ccccc2)cn(-c2nccs2)c2cc(Cl)ccc12. The van der Waals surface area contributed by atoms with Gasteiger partial charge in [0.2, 0.25) is 0 Å². The predicted molar refractivity (Wildman–Crippen MR) is 121 cm³/mol. The van der Waals surface area contributed by atoms with Gasteiger partial charge in [-0.3, -0.25) is 9.36 Å². The summed E-state index contributed by atoms with van der Waals surface area (Å²) in [5.74, 6) is 0.843. The van der Waals surface area contributed by atoms with Crippen molar-refractivity contribution < 1.29 is 0 Å². The molecule has 5 nitrogen and oxygen atoms in total. The van der Waals surface area contributed by atoms with Gasteiger partial charge in [-0.2, -0.15) is 0 Å². The summed E-state index contributed by atoms with van der Waals surface area (Å²) in [6, 6.07) is 15.5. The van der Waals surface area contributed by atoms with E-state index in [1.165, 1.54) is 16.9 Å². The second-order valence-corrected chi connectivity index (χ2v) is 8.27. The summed E-state index contributed by atoms with van der Waals surface area (Å²) in [4.78, 5) is 22.2. The van der Waals surface area contributed by atoms with Gasteiger partial charge in [-0.1, -0.05) is 41.9 Å². The Morgan fingerprint density at radius 2 is 1.90 bits per heavy atom. The lowest BCUT2D eigenvalue weighted by Crippen LogP contribution is -2.16. The molecule has 0 radical (unpaired) electrons. The Morgan fingerprint density at radius 3 is 2.70 bits per heavy atom. The van der Waals surface area contributed by atoms with Gasteiger partial charge in [0, 0.05) is 59.1 Å². The lowest BCUT2D eigenvalue weighted by Gasteiger charge is -2.12. The Kier molecular flexibility index (Phi) is 4.94. The zero-order valence-corrected chi connectivity index (χ0v) is 17.5. The van der Waals surface area contributed by atoms with Crippen molar-refractivity contribution in [3.8, 4) is 5.13 Å². The molecule has 0 saturated heterocycles. The number of aromatic nitrogens is 4. The maximum absolute atomic E-state index is 13.2. The monoisotopic (exact) mass is 432 g/mol. The van der Waals surface area contributed by atoms with Crippen molar-refractivity contribution in [1.29, 1.82) is 0 Å². The number of pyridine rings is 1. The minimum absolute atomic E-state index is 0.0104. The molecule has 2 aromatic carbocycles. The molecule has 3 aromatic heterocycles. The van der Waals surface area contributed by atoms with Crippen LogP contribution in [0, 0.1) is 0 Å². The highest BCUT2D eigenvalue weighted by Crippen LogP contribution is 2.23. The number of hydrogen-bond donors (Lipinski definition) is 0. The molecule has 0 aliphatic rings. The number of imidazole rings is 1. The summed E-state index contributed by atoms with van der Waals surface area (Å²) in [5, 5.41) is 3.90. The topological polar surface area (TPSA) is 52.7 Å². The number of nitrogens with zero attached hydrogens (tertiary/aromatic N) is 4. The van der Waals surface area contributed by atoms with E-state index in [0.29, 0.717) is 28.9 Å². The van der Waals surface area contributed by atoms with Crippen LogP contribution in [-0.2, 0) is 13.0 Å². The number of rotatable bonds is 5. The van der Waals surface area contributed by atoms with E-state index >= 15 is 0 Å². The normalized spacial score (nSPS) is 11.2. The van der Waals surface area contributed by atoms with Crippen molar-refractivity contribution in [2.75, 3.05) is 0 Å². The van der Waals surface area contributed by atoms with Gasteiger partial charge in [-0.15, -0.1) is 11.3 Å². The molecule has 148 valence electrons. The van der Waals surface area contributed by atoms with Crippen LogP contribution < -0.4 is 5.43 Å². The molecule has 0 aliphatic heterocycles. The molecule has 0 unspecified atom stereocenters. The zero-order chi connectivity index (χ0) is 20.5. The van der Waals surface area contributed by atoms with Gasteiger partial charge in [0.05, 0.1) is 5.52 Å². The molecule has 7 heteroatoms. The molecule has 0 fully saturated rings. The van der Waals surface area contributed by atoms with Crippen molar-refractivity contribution in [2.24, 2.45) is 0 Å². The third-order valence-corrected chi connectivity index (χ3v) is 6.02. The molecule has 0 bridgehead atoms. The minimum Gasteiger partial charge on any atom is -0.330 e. The van der Waals surface area contributed by atoms with Crippen LogP contribution >= 0.6 is 22.9 Å². The van der Waals surface area contributed by atoms with Crippen molar-refractivity contribution in [2.45, 2.75) is 13.0 Å². The molecule has 0 spiro atoms. The number of benzene rings is 2. The van der Waals surface area contributed by atoms with Gasteiger partial charge in [-0.05, 0) is 23.8 Å². The fraction of sp³-hybridized carbons (Fsp3) is 0.0870. The Balaban J connectivity index is 1.60. The second-order valence-electron chi connectivity index (χ2n) is 6.96. The zero-order valence-electron chi connectivity index (χ0n) is 15.9. The molecular weight excluding hydrogens is 416 g/mol. The lowest BCUT2D eigenvalue weighted by atomic mass is 10.1. The fourth-order valence-corrected chi connectivity index (χ4v) is 4.37. The van der Waals surface area contributed by atoms with Gasteiger partial charge in [-0.25, -0.2) is 9.97 Å². The molecule has 30 heavy (non-hydrogen) atoms. The molecule has 5 rings (SSSR count). The van der Waals surface area contributed by atoms with E-state index in [1.54, 1.807) is 30.6 Å². The number of fused-ring (bicyclic) bond motifs is 1. The van der Waals surface area contributed by atoms with Gasteiger partial charge in [0.25, 0.3) is 0 Å². The molecule has 0 N–H and O–H groups in total. The first-order valence-corrected chi connectivity index (χ1v) is 10.7. The first kappa shape index (κ1) is 18.8. The van der Waals surface area contributed by atoms with E-state index < -0.39 is 0 Å². The van der Waals surface area contributed by atoms with E-state index in [-0.39, 0.29) is 5.43 Å². The van der Waals surface area contributed by atoms with Crippen LogP contribution in [-0.4, -0.2) is 19.1 Å². The van der Waals surface area contributed by atoms with Crippen LogP contribution in [0.1, 0.15) is 17.0 Å². The highest BCUT2D eigenvalue weighted by atomic mass is 35.5. The van der Waals surface area contributed by atoms with Crippen molar-refractivity contribution in [3.63, 3.8) is 0 Å². The van der Waals surface area contributed by atoms with Gasteiger partial charge >= 0.3 is 0 Å². The van der Waals surface area contributed by atoms with Crippen molar-refractivity contribution in [3.05, 3.63) is 111 Å².